The normalized spacial score (nSPS) is 17.3. The Bertz CT molecular complexity index is 430. The van der Waals surface area contributed by atoms with E-state index in [1.165, 1.54) is 11.1 Å². The average Bonchev–Trinajstić information content (AvgIpc) is 2.31. The van der Waals surface area contributed by atoms with Gasteiger partial charge < -0.3 is 14.8 Å². The first kappa shape index (κ1) is 13.7. The summed E-state index contributed by atoms with van der Waals surface area (Å²) in [5, 5.41) is 3.88. The van der Waals surface area contributed by atoms with Gasteiger partial charge in [-0.2, -0.15) is 0 Å². The van der Waals surface area contributed by atoms with Crippen LogP contribution in [-0.4, -0.2) is 33.9 Å². The minimum Gasteiger partial charge on any atom is -0.495 e. The fraction of sp³-hybridized carbons (Fsp3) is 0.571. The third-order valence-electron chi connectivity index (χ3n) is 3.68. The van der Waals surface area contributed by atoms with E-state index in [2.05, 4.69) is 12.2 Å². The first-order chi connectivity index (χ1) is 8.63. The largest absolute Gasteiger partial charge is 0.495 e. The predicted molar refractivity (Wildman–Crippen MR) is 73.8 cm³/mol. The van der Waals surface area contributed by atoms with E-state index >= 15 is 0 Å². The number of halogens is 1. The Morgan fingerprint density at radius 3 is 2.67 bits per heavy atom. The summed E-state index contributed by atoms with van der Waals surface area (Å²) in [7, 11) is 3.62. The highest BCUT2D eigenvalue weighted by Crippen LogP contribution is 2.40. The molecule has 2 rings (SSSR count). The molecule has 3 nitrogen and oxygen atoms in total. The molecule has 1 aliphatic heterocycles. The number of benzene rings is 1. The maximum absolute atomic E-state index is 6.24. The molecular formula is C14H20ClNO2. The number of nitrogens with one attached hydrogen (secondary N) is 1. The molecule has 1 N–H and O–H groups in total. The van der Waals surface area contributed by atoms with Crippen LogP contribution in [0, 0.1) is 6.92 Å². The highest BCUT2D eigenvalue weighted by molar-refractivity contribution is 6.32. The standard InChI is InChI=1S/C14H20ClNO2/c1-10-6-13(17-3)12(15)7-11(10)14(4-5-16-2)8-18-9-14/h6-7,16H,4-5,8-9H2,1-3H3. The monoisotopic (exact) mass is 269 g/mol. The Labute approximate surface area is 113 Å². The predicted octanol–water partition coefficient (Wildman–Crippen LogP) is 2.53. The van der Waals surface area contributed by atoms with Crippen molar-refractivity contribution in [1.82, 2.24) is 5.32 Å². The summed E-state index contributed by atoms with van der Waals surface area (Å²) in [5.41, 5.74) is 2.62. The zero-order valence-corrected chi connectivity index (χ0v) is 11.9. The number of hydrogen-bond donors (Lipinski definition) is 1. The van der Waals surface area contributed by atoms with Gasteiger partial charge in [-0.3, -0.25) is 0 Å². The van der Waals surface area contributed by atoms with Crippen LogP contribution in [0.2, 0.25) is 5.02 Å². The number of ether oxygens (including phenoxy) is 2. The van der Waals surface area contributed by atoms with Gasteiger partial charge in [0.2, 0.25) is 0 Å². The molecule has 1 fully saturated rings. The van der Waals surface area contributed by atoms with Gasteiger partial charge in [0.05, 0.1) is 25.3 Å². The zero-order valence-electron chi connectivity index (χ0n) is 11.2. The first-order valence-corrected chi connectivity index (χ1v) is 6.58. The van der Waals surface area contributed by atoms with Crippen molar-refractivity contribution in [3.63, 3.8) is 0 Å². The van der Waals surface area contributed by atoms with Crippen LogP contribution in [0.15, 0.2) is 12.1 Å². The molecule has 1 aliphatic rings. The minimum atomic E-state index is 0.114. The fourth-order valence-corrected chi connectivity index (χ4v) is 2.77. The van der Waals surface area contributed by atoms with Gasteiger partial charge in [-0.25, -0.2) is 0 Å². The lowest BCUT2D eigenvalue weighted by Crippen LogP contribution is -2.48. The average molecular weight is 270 g/mol. The van der Waals surface area contributed by atoms with Crippen molar-refractivity contribution >= 4 is 11.6 Å². The van der Waals surface area contributed by atoms with E-state index in [9.17, 15) is 0 Å². The number of hydrogen-bond acceptors (Lipinski definition) is 3. The van der Waals surface area contributed by atoms with Gasteiger partial charge in [0.15, 0.2) is 0 Å². The molecule has 0 atom stereocenters. The van der Waals surface area contributed by atoms with E-state index in [0.717, 1.165) is 31.9 Å². The second-order valence-electron chi connectivity index (χ2n) is 4.93. The highest BCUT2D eigenvalue weighted by Gasteiger charge is 2.41. The smallest absolute Gasteiger partial charge is 0.137 e. The molecule has 100 valence electrons. The Balaban J connectivity index is 2.34. The minimum absolute atomic E-state index is 0.114. The van der Waals surface area contributed by atoms with Crippen LogP contribution >= 0.6 is 11.6 Å². The Morgan fingerprint density at radius 2 is 2.17 bits per heavy atom. The van der Waals surface area contributed by atoms with Crippen molar-refractivity contribution in [2.45, 2.75) is 18.8 Å². The highest BCUT2D eigenvalue weighted by atomic mass is 35.5. The third kappa shape index (κ3) is 2.35. The quantitative estimate of drug-likeness (QED) is 0.891. The second kappa shape index (κ2) is 5.47. The van der Waals surface area contributed by atoms with Gasteiger partial charge in [-0.15, -0.1) is 0 Å². The lowest BCUT2D eigenvalue weighted by molar-refractivity contribution is -0.0641. The summed E-state index contributed by atoms with van der Waals surface area (Å²) in [6, 6.07) is 4.05. The second-order valence-corrected chi connectivity index (χ2v) is 5.34. The summed E-state index contributed by atoms with van der Waals surface area (Å²) in [5.74, 6) is 0.738. The lowest BCUT2D eigenvalue weighted by atomic mass is 9.74. The topological polar surface area (TPSA) is 30.5 Å². The van der Waals surface area contributed by atoms with Gasteiger partial charge >= 0.3 is 0 Å². The number of aryl methyl sites for hydroxylation is 1. The molecule has 1 heterocycles. The molecule has 4 heteroatoms. The number of rotatable bonds is 5. The molecular weight excluding hydrogens is 250 g/mol. The van der Waals surface area contributed by atoms with Gasteiger partial charge in [-0.05, 0) is 50.2 Å². The van der Waals surface area contributed by atoms with E-state index in [4.69, 9.17) is 21.1 Å². The maximum Gasteiger partial charge on any atom is 0.137 e. The van der Waals surface area contributed by atoms with Crippen molar-refractivity contribution in [3.8, 4) is 5.75 Å². The molecule has 0 amide bonds. The maximum atomic E-state index is 6.24. The van der Waals surface area contributed by atoms with Crippen LogP contribution in [0.25, 0.3) is 0 Å². The molecule has 0 bridgehead atoms. The van der Waals surface area contributed by atoms with Crippen molar-refractivity contribution in [2.24, 2.45) is 0 Å². The van der Waals surface area contributed by atoms with Crippen molar-refractivity contribution in [3.05, 3.63) is 28.3 Å². The van der Waals surface area contributed by atoms with Crippen molar-refractivity contribution in [1.29, 1.82) is 0 Å². The molecule has 0 spiro atoms. The zero-order chi connectivity index (χ0) is 13.2. The van der Waals surface area contributed by atoms with Crippen LogP contribution in [-0.2, 0) is 10.2 Å². The van der Waals surface area contributed by atoms with Crippen LogP contribution in [0.5, 0.6) is 5.75 Å². The third-order valence-corrected chi connectivity index (χ3v) is 3.98. The van der Waals surface area contributed by atoms with Gasteiger partial charge in [0.25, 0.3) is 0 Å². The van der Waals surface area contributed by atoms with Crippen molar-refractivity contribution in [2.75, 3.05) is 33.9 Å². The number of methoxy groups -OCH3 is 1. The van der Waals surface area contributed by atoms with E-state index < -0.39 is 0 Å². The molecule has 18 heavy (non-hydrogen) atoms. The van der Waals surface area contributed by atoms with Gasteiger partial charge in [-0.1, -0.05) is 11.6 Å². The molecule has 0 aliphatic carbocycles. The molecule has 1 aromatic carbocycles. The van der Waals surface area contributed by atoms with Crippen LogP contribution in [0.1, 0.15) is 17.5 Å². The van der Waals surface area contributed by atoms with E-state index in [-0.39, 0.29) is 5.41 Å². The SMILES string of the molecule is CNCCC1(c2cc(Cl)c(OC)cc2C)COC1. The first-order valence-electron chi connectivity index (χ1n) is 6.20. The van der Waals surface area contributed by atoms with Gasteiger partial charge in [0, 0.05) is 5.41 Å². The summed E-state index contributed by atoms with van der Waals surface area (Å²) in [6.07, 6.45) is 1.06. The molecule has 0 radical (unpaired) electrons. The summed E-state index contributed by atoms with van der Waals surface area (Å²) < 4.78 is 10.7. The van der Waals surface area contributed by atoms with E-state index in [1.807, 2.05) is 19.2 Å². The Morgan fingerprint density at radius 1 is 1.44 bits per heavy atom. The van der Waals surface area contributed by atoms with Gasteiger partial charge in [0.1, 0.15) is 5.75 Å². The Kier molecular flexibility index (Phi) is 4.15. The van der Waals surface area contributed by atoms with Crippen molar-refractivity contribution < 1.29 is 9.47 Å². The fourth-order valence-electron chi connectivity index (χ4n) is 2.53. The molecule has 0 aromatic heterocycles. The summed E-state index contributed by atoms with van der Waals surface area (Å²) >= 11 is 6.24. The molecule has 1 aromatic rings. The molecule has 0 saturated carbocycles. The van der Waals surface area contributed by atoms with Crippen LogP contribution < -0.4 is 10.1 Å². The summed E-state index contributed by atoms with van der Waals surface area (Å²) in [4.78, 5) is 0. The van der Waals surface area contributed by atoms with Crippen LogP contribution in [0.4, 0.5) is 0 Å². The summed E-state index contributed by atoms with van der Waals surface area (Å²) in [6.45, 7) is 4.64. The molecule has 0 unspecified atom stereocenters. The Hall–Kier alpha value is -0.770. The lowest BCUT2D eigenvalue weighted by Gasteiger charge is -2.43. The van der Waals surface area contributed by atoms with Crippen LogP contribution in [0.3, 0.4) is 0 Å². The van der Waals surface area contributed by atoms with E-state index in [0.29, 0.717) is 5.02 Å². The van der Waals surface area contributed by atoms with E-state index in [1.54, 1.807) is 7.11 Å². The molecule has 1 saturated heterocycles.